The van der Waals surface area contributed by atoms with Gasteiger partial charge in [-0.2, -0.15) is 0 Å². The van der Waals surface area contributed by atoms with E-state index in [9.17, 15) is 4.39 Å². The summed E-state index contributed by atoms with van der Waals surface area (Å²) in [4.78, 5) is 3.51. The molecule has 0 saturated heterocycles. The maximum absolute atomic E-state index is 13.2. The van der Waals surface area contributed by atoms with Gasteiger partial charge in [0.05, 0.1) is 0 Å². The second kappa shape index (κ2) is 6.73. The first kappa shape index (κ1) is 16.0. The molecule has 2 nitrogen and oxygen atoms in total. The minimum Gasteiger partial charge on any atom is -0.354 e. The average Bonchev–Trinajstić information content (AvgIpc) is 2.87. The summed E-state index contributed by atoms with van der Waals surface area (Å²) in [5.74, 6) is -0.228. The molecule has 0 bridgehead atoms. The maximum Gasteiger partial charge on any atom is 0.123 e. The van der Waals surface area contributed by atoms with Crippen molar-refractivity contribution >= 4 is 22.5 Å². The third-order valence-corrected chi connectivity index (χ3v) is 4.41. The van der Waals surface area contributed by atoms with Crippen molar-refractivity contribution < 1.29 is 4.39 Å². The van der Waals surface area contributed by atoms with Crippen LogP contribution in [0.3, 0.4) is 0 Å². The molecule has 0 spiro atoms. The molecular formula is C19H20ClFN2. The topological polar surface area (TPSA) is 41.8 Å². The van der Waals surface area contributed by atoms with Crippen LogP contribution in [0.15, 0.2) is 36.4 Å². The summed E-state index contributed by atoms with van der Waals surface area (Å²) in [6, 6.07) is 10.6. The molecule has 23 heavy (non-hydrogen) atoms. The summed E-state index contributed by atoms with van der Waals surface area (Å²) in [6.07, 6.45) is 2.92. The number of aryl methyl sites for hydroxylation is 2. The Bertz CT molecular complexity index is 821. The first-order chi connectivity index (χ1) is 11.1. The average molecular weight is 331 g/mol. The van der Waals surface area contributed by atoms with Gasteiger partial charge in [0.1, 0.15) is 5.82 Å². The van der Waals surface area contributed by atoms with E-state index in [-0.39, 0.29) is 5.82 Å². The summed E-state index contributed by atoms with van der Waals surface area (Å²) in [7, 11) is 0. The maximum atomic E-state index is 13.2. The number of nitrogens with two attached hydrogens (primary N) is 1. The molecule has 1 heterocycles. The van der Waals surface area contributed by atoms with E-state index < -0.39 is 0 Å². The highest BCUT2D eigenvalue weighted by molar-refractivity contribution is 6.31. The van der Waals surface area contributed by atoms with Gasteiger partial charge in [-0.3, -0.25) is 0 Å². The Balaban J connectivity index is 2.16. The molecular weight excluding hydrogens is 311 g/mol. The lowest BCUT2D eigenvalue weighted by Crippen LogP contribution is -1.99. The molecule has 0 unspecified atom stereocenters. The van der Waals surface area contributed by atoms with Crippen molar-refractivity contribution in [3.63, 3.8) is 0 Å². The highest BCUT2D eigenvalue weighted by atomic mass is 35.5. The molecule has 2 aromatic carbocycles. The number of hydrogen-bond donors (Lipinski definition) is 2. The predicted molar refractivity (Wildman–Crippen MR) is 95.4 cm³/mol. The quantitative estimate of drug-likeness (QED) is 0.619. The monoisotopic (exact) mass is 330 g/mol. The van der Waals surface area contributed by atoms with E-state index in [4.69, 9.17) is 17.3 Å². The van der Waals surface area contributed by atoms with Crippen molar-refractivity contribution in [2.75, 3.05) is 6.54 Å². The van der Waals surface area contributed by atoms with Crippen molar-refractivity contribution in [2.45, 2.75) is 26.2 Å². The van der Waals surface area contributed by atoms with E-state index in [2.05, 4.69) is 4.98 Å². The Morgan fingerprint density at radius 1 is 1.13 bits per heavy atom. The minimum absolute atomic E-state index is 0.228. The molecule has 3 aromatic rings. The fourth-order valence-electron chi connectivity index (χ4n) is 3.05. The Morgan fingerprint density at radius 2 is 1.87 bits per heavy atom. The molecule has 0 aliphatic heterocycles. The number of benzene rings is 2. The van der Waals surface area contributed by atoms with E-state index in [1.165, 1.54) is 17.7 Å². The van der Waals surface area contributed by atoms with Gasteiger partial charge in [-0.15, -0.1) is 0 Å². The van der Waals surface area contributed by atoms with E-state index in [1.54, 1.807) is 0 Å². The molecule has 0 saturated carbocycles. The number of aromatic nitrogens is 1. The number of aromatic amines is 1. The molecule has 1 aromatic heterocycles. The molecule has 0 amide bonds. The summed E-state index contributed by atoms with van der Waals surface area (Å²) < 4.78 is 13.2. The van der Waals surface area contributed by atoms with E-state index in [0.717, 1.165) is 52.0 Å². The SMILES string of the molecule is Cc1cc(Cl)cc2c(CCCCN)c(-c3ccc(F)cc3)[nH]c12. The standard InChI is InChI=1S/C19H20ClFN2/c1-12-10-14(20)11-17-16(4-2-3-9-22)19(23-18(12)17)13-5-7-15(21)8-6-13/h5-8,10-11,23H,2-4,9,22H2,1H3. The highest BCUT2D eigenvalue weighted by Gasteiger charge is 2.15. The molecule has 3 N–H and O–H groups in total. The third-order valence-electron chi connectivity index (χ3n) is 4.19. The Hall–Kier alpha value is -1.84. The number of fused-ring (bicyclic) bond motifs is 1. The fourth-order valence-corrected chi connectivity index (χ4v) is 3.32. The Kier molecular flexibility index (Phi) is 4.69. The number of rotatable bonds is 5. The molecule has 0 aliphatic carbocycles. The second-order valence-corrected chi connectivity index (χ2v) is 6.31. The smallest absolute Gasteiger partial charge is 0.123 e. The Labute approximate surface area is 140 Å². The molecule has 4 heteroatoms. The summed E-state index contributed by atoms with van der Waals surface area (Å²) >= 11 is 6.25. The summed E-state index contributed by atoms with van der Waals surface area (Å²) in [6.45, 7) is 2.73. The van der Waals surface area contributed by atoms with Crippen molar-refractivity contribution in [3.05, 3.63) is 58.4 Å². The Morgan fingerprint density at radius 3 is 2.57 bits per heavy atom. The lowest BCUT2D eigenvalue weighted by molar-refractivity contribution is 0.628. The van der Waals surface area contributed by atoms with Crippen LogP contribution in [0.25, 0.3) is 22.2 Å². The van der Waals surface area contributed by atoms with Gasteiger partial charge in [0.25, 0.3) is 0 Å². The zero-order valence-electron chi connectivity index (χ0n) is 13.1. The van der Waals surface area contributed by atoms with Crippen LogP contribution >= 0.6 is 11.6 Å². The zero-order valence-corrected chi connectivity index (χ0v) is 13.9. The molecule has 0 radical (unpaired) electrons. The van der Waals surface area contributed by atoms with Crippen LogP contribution in [0, 0.1) is 12.7 Å². The van der Waals surface area contributed by atoms with Gasteiger partial charge in [0.15, 0.2) is 0 Å². The van der Waals surface area contributed by atoms with Crippen LogP contribution < -0.4 is 5.73 Å². The van der Waals surface area contributed by atoms with Gasteiger partial charge < -0.3 is 10.7 Å². The first-order valence-electron chi connectivity index (χ1n) is 7.87. The van der Waals surface area contributed by atoms with E-state index >= 15 is 0 Å². The van der Waals surface area contributed by atoms with E-state index in [0.29, 0.717) is 6.54 Å². The van der Waals surface area contributed by atoms with Crippen LogP contribution in [0.2, 0.25) is 5.02 Å². The van der Waals surface area contributed by atoms with E-state index in [1.807, 2.05) is 31.2 Å². The van der Waals surface area contributed by atoms with Crippen molar-refractivity contribution in [3.8, 4) is 11.3 Å². The number of halogens is 2. The zero-order chi connectivity index (χ0) is 16.4. The van der Waals surface area contributed by atoms with Gasteiger partial charge in [-0.25, -0.2) is 4.39 Å². The summed E-state index contributed by atoms with van der Waals surface area (Å²) in [5.41, 5.74) is 11.1. The molecule has 0 aliphatic rings. The second-order valence-electron chi connectivity index (χ2n) is 5.88. The summed E-state index contributed by atoms with van der Waals surface area (Å²) in [5, 5.41) is 1.88. The fraction of sp³-hybridized carbons (Fsp3) is 0.263. The highest BCUT2D eigenvalue weighted by Crippen LogP contribution is 2.34. The van der Waals surface area contributed by atoms with Crippen LogP contribution in [-0.4, -0.2) is 11.5 Å². The number of hydrogen-bond acceptors (Lipinski definition) is 1. The molecule has 0 atom stereocenters. The molecule has 0 fully saturated rings. The van der Waals surface area contributed by atoms with Gasteiger partial charge in [0.2, 0.25) is 0 Å². The number of H-pyrrole nitrogens is 1. The lowest BCUT2D eigenvalue weighted by Gasteiger charge is -2.05. The van der Waals surface area contributed by atoms with Gasteiger partial charge in [-0.1, -0.05) is 11.6 Å². The van der Waals surface area contributed by atoms with Crippen molar-refractivity contribution in [2.24, 2.45) is 5.73 Å². The van der Waals surface area contributed by atoms with Crippen molar-refractivity contribution in [1.29, 1.82) is 0 Å². The van der Waals surface area contributed by atoms with Crippen LogP contribution in [-0.2, 0) is 6.42 Å². The van der Waals surface area contributed by atoms with Gasteiger partial charge in [-0.05, 0) is 85.8 Å². The number of nitrogens with one attached hydrogen (secondary N) is 1. The van der Waals surface area contributed by atoms with Crippen LogP contribution in [0.5, 0.6) is 0 Å². The third kappa shape index (κ3) is 3.26. The first-order valence-corrected chi connectivity index (χ1v) is 8.24. The minimum atomic E-state index is -0.228. The van der Waals surface area contributed by atoms with Crippen LogP contribution in [0.1, 0.15) is 24.0 Å². The largest absolute Gasteiger partial charge is 0.354 e. The lowest BCUT2D eigenvalue weighted by atomic mass is 9.99. The number of unbranched alkanes of at least 4 members (excludes halogenated alkanes) is 1. The molecule has 120 valence electrons. The van der Waals surface area contributed by atoms with Crippen molar-refractivity contribution in [1.82, 2.24) is 4.98 Å². The normalized spacial score (nSPS) is 11.3. The van der Waals surface area contributed by atoms with Gasteiger partial charge >= 0.3 is 0 Å². The molecule has 3 rings (SSSR count). The predicted octanol–water partition coefficient (Wildman–Crippen LogP) is 5.22. The van der Waals surface area contributed by atoms with Crippen LogP contribution in [0.4, 0.5) is 4.39 Å². The van der Waals surface area contributed by atoms with Gasteiger partial charge in [0, 0.05) is 21.6 Å².